The molecular weight excluding hydrogens is 288 g/mol. The van der Waals surface area contributed by atoms with Crippen LogP contribution < -0.4 is 10.6 Å². The highest BCUT2D eigenvalue weighted by atomic mass is 16.2. The number of carbonyl (C=O) groups excluding carboxylic acids is 2. The molecule has 0 radical (unpaired) electrons. The molecule has 1 aliphatic carbocycles. The largest absolute Gasteiger partial charge is 0.355 e. The van der Waals surface area contributed by atoms with Crippen molar-refractivity contribution in [1.29, 1.82) is 0 Å². The molecular formula is C19H28N2O2. The molecule has 0 saturated heterocycles. The van der Waals surface area contributed by atoms with E-state index in [1.165, 1.54) is 0 Å². The number of nitrogens with one attached hydrogen (secondary N) is 2. The van der Waals surface area contributed by atoms with Gasteiger partial charge in [-0.1, -0.05) is 38.8 Å². The van der Waals surface area contributed by atoms with Crippen molar-refractivity contribution >= 4 is 17.5 Å². The molecule has 2 rings (SSSR count). The van der Waals surface area contributed by atoms with E-state index in [1.807, 2.05) is 31.2 Å². The van der Waals surface area contributed by atoms with Gasteiger partial charge in [0.2, 0.25) is 11.8 Å². The Kier molecular flexibility index (Phi) is 6.20. The lowest BCUT2D eigenvalue weighted by molar-refractivity contribution is -0.130. The molecule has 1 aromatic rings. The van der Waals surface area contributed by atoms with Crippen molar-refractivity contribution in [3.05, 3.63) is 29.8 Å². The highest BCUT2D eigenvalue weighted by Crippen LogP contribution is 2.44. The molecule has 0 spiro atoms. The molecule has 0 unspecified atom stereocenters. The van der Waals surface area contributed by atoms with Crippen molar-refractivity contribution < 1.29 is 9.59 Å². The summed E-state index contributed by atoms with van der Waals surface area (Å²) in [5.74, 6) is 0.191. The van der Waals surface area contributed by atoms with Crippen molar-refractivity contribution in [2.45, 2.75) is 64.2 Å². The van der Waals surface area contributed by atoms with E-state index in [1.54, 1.807) is 0 Å². The van der Waals surface area contributed by atoms with Gasteiger partial charge in [0, 0.05) is 18.7 Å². The minimum absolute atomic E-state index is 0.0379. The van der Waals surface area contributed by atoms with Crippen LogP contribution in [-0.4, -0.2) is 18.4 Å². The highest BCUT2D eigenvalue weighted by molar-refractivity contribution is 5.91. The summed E-state index contributed by atoms with van der Waals surface area (Å²) in [6, 6.07) is 7.78. The van der Waals surface area contributed by atoms with Crippen LogP contribution >= 0.6 is 0 Å². The summed E-state index contributed by atoms with van der Waals surface area (Å²) in [7, 11) is 0. The van der Waals surface area contributed by atoms with Gasteiger partial charge in [-0.25, -0.2) is 0 Å². The molecule has 4 nitrogen and oxygen atoms in total. The highest BCUT2D eigenvalue weighted by Gasteiger charge is 2.45. The fraction of sp³-hybridized carbons (Fsp3) is 0.579. The molecule has 1 fully saturated rings. The maximum absolute atomic E-state index is 12.6. The average Bonchev–Trinajstić information content (AvgIpc) is 2.48. The Labute approximate surface area is 139 Å². The molecule has 1 saturated carbocycles. The number of hydrogen-bond donors (Lipinski definition) is 2. The fourth-order valence-electron chi connectivity index (χ4n) is 3.05. The predicted octanol–water partition coefficient (Wildman–Crippen LogP) is 3.76. The number of unbranched alkanes of at least 4 members (excludes halogenated alkanes) is 1. The van der Waals surface area contributed by atoms with Crippen LogP contribution in [0.1, 0.15) is 64.4 Å². The molecule has 23 heavy (non-hydrogen) atoms. The molecule has 2 N–H and O–H groups in total. The van der Waals surface area contributed by atoms with Crippen LogP contribution in [0.2, 0.25) is 0 Å². The minimum Gasteiger partial charge on any atom is -0.355 e. The van der Waals surface area contributed by atoms with Gasteiger partial charge >= 0.3 is 0 Å². The normalized spacial score (nSPS) is 15.6. The van der Waals surface area contributed by atoms with Gasteiger partial charge in [-0.15, -0.1) is 0 Å². The number of anilines is 1. The minimum atomic E-state index is -0.361. The van der Waals surface area contributed by atoms with Crippen molar-refractivity contribution in [2.75, 3.05) is 11.9 Å². The van der Waals surface area contributed by atoms with E-state index in [2.05, 4.69) is 17.6 Å². The second kappa shape index (κ2) is 8.14. The fourth-order valence-corrected chi connectivity index (χ4v) is 3.05. The topological polar surface area (TPSA) is 58.2 Å². The van der Waals surface area contributed by atoms with Crippen LogP contribution in [-0.2, 0) is 15.0 Å². The van der Waals surface area contributed by atoms with Crippen molar-refractivity contribution in [2.24, 2.45) is 0 Å². The van der Waals surface area contributed by atoms with E-state index in [-0.39, 0.29) is 17.2 Å². The summed E-state index contributed by atoms with van der Waals surface area (Å²) in [4.78, 5) is 24.2. The quantitative estimate of drug-likeness (QED) is 0.717. The second-order valence-corrected chi connectivity index (χ2v) is 6.42. The van der Waals surface area contributed by atoms with Crippen LogP contribution in [0.5, 0.6) is 0 Å². The summed E-state index contributed by atoms with van der Waals surface area (Å²) in [5.41, 5.74) is 1.50. The van der Waals surface area contributed by atoms with Crippen LogP contribution in [0.3, 0.4) is 0 Å². The Morgan fingerprint density at radius 2 is 1.78 bits per heavy atom. The summed E-state index contributed by atoms with van der Waals surface area (Å²) in [5, 5.41) is 5.97. The molecule has 2 amide bonds. The third-order valence-corrected chi connectivity index (χ3v) is 4.66. The first-order valence-corrected chi connectivity index (χ1v) is 8.81. The maximum Gasteiger partial charge on any atom is 0.230 e. The Hall–Kier alpha value is -1.84. The van der Waals surface area contributed by atoms with E-state index >= 15 is 0 Å². The second-order valence-electron chi connectivity index (χ2n) is 6.42. The third kappa shape index (κ3) is 4.12. The molecule has 126 valence electrons. The van der Waals surface area contributed by atoms with Gasteiger partial charge in [0.05, 0.1) is 5.41 Å². The molecule has 1 aliphatic rings. The molecule has 0 heterocycles. The van der Waals surface area contributed by atoms with Crippen LogP contribution in [0.25, 0.3) is 0 Å². The zero-order valence-corrected chi connectivity index (χ0v) is 14.3. The van der Waals surface area contributed by atoms with Crippen molar-refractivity contribution in [3.63, 3.8) is 0 Å². The SMILES string of the molecule is CCCCNC(=O)C1(c2ccc(NC(=O)CCC)cc2)CCC1. The first-order valence-electron chi connectivity index (χ1n) is 8.81. The molecule has 0 aliphatic heterocycles. The van der Waals surface area contributed by atoms with E-state index in [4.69, 9.17) is 0 Å². The number of hydrogen-bond acceptors (Lipinski definition) is 2. The van der Waals surface area contributed by atoms with Gasteiger partial charge in [0.15, 0.2) is 0 Å². The number of amides is 2. The Morgan fingerprint density at radius 3 is 2.30 bits per heavy atom. The van der Waals surface area contributed by atoms with Crippen molar-refractivity contribution in [1.82, 2.24) is 5.32 Å². The summed E-state index contributed by atoms with van der Waals surface area (Å²) < 4.78 is 0. The lowest BCUT2D eigenvalue weighted by Gasteiger charge is -2.40. The third-order valence-electron chi connectivity index (χ3n) is 4.66. The van der Waals surface area contributed by atoms with Crippen molar-refractivity contribution in [3.8, 4) is 0 Å². The van der Waals surface area contributed by atoms with Gasteiger partial charge in [-0.2, -0.15) is 0 Å². The van der Waals surface area contributed by atoms with E-state index in [9.17, 15) is 9.59 Å². The van der Waals surface area contributed by atoms with Crippen LogP contribution in [0, 0.1) is 0 Å². The van der Waals surface area contributed by atoms with Gasteiger partial charge in [0.25, 0.3) is 0 Å². The number of carbonyl (C=O) groups is 2. The lowest BCUT2D eigenvalue weighted by Crippen LogP contribution is -2.49. The average molecular weight is 316 g/mol. The van der Waals surface area contributed by atoms with Gasteiger partial charge in [0.1, 0.15) is 0 Å². The predicted molar refractivity (Wildman–Crippen MR) is 93.4 cm³/mol. The zero-order valence-electron chi connectivity index (χ0n) is 14.3. The Balaban J connectivity index is 2.03. The molecule has 0 bridgehead atoms. The van der Waals surface area contributed by atoms with Crippen LogP contribution in [0.15, 0.2) is 24.3 Å². The molecule has 1 aromatic carbocycles. The Morgan fingerprint density at radius 1 is 1.09 bits per heavy atom. The Bertz CT molecular complexity index is 533. The first kappa shape index (κ1) is 17.5. The molecule has 0 aromatic heterocycles. The van der Waals surface area contributed by atoms with E-state index in [0.29, 0.717) is 6.42 Å². The standard InChI is InChI=1S/C19H28N2O2/c1-3-5-14-20-18(23)19(12-6-13-19)15-8-10-16(11-9-15)21-17(22)7-4-2/h8-11H,3-7,12-14H2,1-2H3,(H,20,23)(H,21,22). The number of benzene rings is 1. The van der Waals surface area contributed by atoms with Gasteiger partial charge < -0.3 is 10.6 Å². The summed E-state index contributed by atoms with van der Waals surface area (Å²) >= 11 is 0. The monoisotopic (exact) mass is 316 g/mol. The van der Waals surface area contributed by atoms with E-state index < -0.39 is 0 Å². The first-order chi connectivity index (χ1) is 11.1. The number of rotatable bonds is 8. The van der Waals surface area contributed by atoms with Gasteiger partial charge in [-0.05, 0) is 43.4 Å². The summed E-state index contributed by atoms with van der Waals surface area (Å²) in [6.07, 6.45) is 6.38. The smallest absolute Gasteiger partial charge is 0.230 e. The van der Waals surface area contributed by atoms with Gasteiger partial charge in [-0.3, -0.25) is 9.59 Å². The molecule has 0 atom stereocenters. The maximum atomic E-state index is 12.6. The lowest BCUT2D eigenvalue weighted by atomic mass is 9.63. The summed E-state index contributed by atoms with van der Waals surface area (Å²) in [6.45, 7) is 4.86. The zero-order chi connectivity index (χ0) is 16.7. The van der Waals surface area contributed by atoms with E-state index in [0.717, 1.165) is 56.3 Å². The van der Waals surface area contributed by atoms with Crippen LogP contribution in [0.4, 0.5) is 5.69 Å². The molecule has 4 heteroatoms.